The van der Waals surface area contributed by atoms with Gasteiger partial charge in [0.25, 0.3) is 5.91 Å². The van der Waals surface area contributed by atoms with Crippen molar-refractivity contribution in [3.05, 3.63) is 65.5 Å². The molecule has 0 unspecified atom stereocenters. The van der Waals surface area contributed by atoms with Crippen LogP contribution in [0.5, 0.6) is 0 Å². The van der Waals surface area contributed by atoms with Crippen molar-refractivity contribution < 1.29 is 13.6 Å². The molecule has 1 heterocycles. The first-order valence-electron chi connectivity index (χ1n) is 6.60. The Morgan fingerprint density at radius 1 is 1.14 bits per heavy atom. The van der Waals surface area contributed by atoms with Crippen LogP contribution >= 0.6 is 0 Å². The van der Waals surface area contributed by atoms with Gasteiger partial charge in [-0.2, -0.15) is 0 Å². The third-order valence-corrected chi connectivity index (χ3v) is 3.11. The van der Waals surface area contributed by atoms with E-state index in [1.165, 1.54) is 12.1 Å². The molecular weight excluding hydrogens is 285 g/mol. The van der Waals surface area contributed by atoms with Gasteiger partial charge in [0.15, 0.2) is 0 Å². The molecule has 1 amide bonds. The normalized spacial score (nSPS) is 10.5. The predicted molar refractivity (Wildman–Crippen MR) is 78.8 cm³/mol. The van der Waals surface area contributed by atoms with Crippen molar-refractivity contribution in [3.63, 3.8) is 0 Å². The summed E-state index contributed by atoms with van der Waals surface area (Å²) in [6.07, 6.45) is 0. The second kappa shape index (κ2) is 5.77. The highest BCUT2D eigenvalue weighted by Crippen LogP contribution is 2.21. The summed E-state index contributed by atoms with van der Waals surface area (Å²) in [5, 5.41) is 10.1. The summed E-state index contributed by atoms with van der Waals surface area (Å²) in [6.45, 7) is 1.83. The number of aryl methyl sites for hydroxylation is 1. The number of amides is 1. The summed E-state index contributed by atoms with van der Waals surface area (Å²) in [5.41, 5.74) is 1.81. The van der Waals surface area contributed by atoms with Crippen molar-refractivity contribution in [2.45, 2.75) is 6.92 Å². The standard InChI is InChI=1S/C16H12FN3O2/c1-10-5-2-3-8-13(10)14(21)18-16-20-19-15(22-16)11-6-4-7-12(17)9-11/h2-9H,1H3,(H,18,20,21). The fourth-order valence-electron chi connectivity index (χ4n) is 2.00. The summed E-state index contributed by atoms with van der Waals surface area (Å²) < 4.78 is 18.5. The van der Waals surface area contributed by atoms with Gasteiger partial charge in [0.05, 0.1) is 0 Å². The number of anilines is 1. The average molecular weight is 297 g/mol. The first-order chi connectivity index (χ1) is 10.6. The van der Waals surface area contributed by atoms with Crippen molar-refractivity contribution in [2.75, 3.05) is 5.32 Å². The Hall–Kier alpha value is -3.02. The van der Waals surface area contributed by atoms with E-state index in [1.54, 1.807) is 24.3 Å². The van der Waals surface area contributed by atoms with Crippen LogP contribution in [0.2, 0.25) is 0 Å². The monoisotopic (exact) mass is 297 g/mol. The number of nitrogens with zero attached hydrogens (tertiary/aromatic N) is 2. The summed E-state index contributed by atoms with van der Waals surface area (Å²) in [4.78, 5) is 12.1. The van der Waals surface area contributed by atoms with Gasteiger partial charge in [0, 0.05) is 11.1 Å². The third kappa shape index (κ3) is 2.85. The molecule has 0 aliphatic carbocycles. The lowest BCUT2D eigenvalue weighted by Crippen LogP contribution is -2.13. The molecule has 0 saturated heterocycles. The largest absolute Gasteiger partial charge is 0.403 e. The van der Waals surface area contributed by atoms with Gasteiger partial charge < -0.3 is 4.42 Å². The summed E-state index contributed by atoms with van der Waals surface area (Å²) >= 11 is 0. The molecular formula is C16H12FN3O2. The second-order valence-electron chi connectivity index (χ2n) is 4.69. The van der Waals surface area contributed by atoms with Gasteiger partial charge in [-0.15, -0.1) is 5.10 Å². The van der Waals surface area contributed by atoms with E-state index >= 15 is 0 Å². The number of aromatic nitrogens is 2. The summed E-state index contributed by atoms with van der Waals surface area (Å²) in [5.74, 6) is -0.603. The molecule has 0 saturated carbocycles. The van der Waals surface area contributed by atoms with Gasteiger partial charge in [-0.3, -0.25) is 10.1 Å². The molecule has 2 aromatic carbocycles. The van der Waals surface area contributed by atoms with Crippen molar-refractivity contribution >= 4 is 11.9 Å². The van der Waals surface area contributed by atoms with Crippen LogP contribution in [0.25, 0.3) is 11.5 Å². The molecule has 22 heavy (non-hydrogen) atoms. The van der Waals surface area contributed by atoms with E-state index in [-0.39, 0.29) is 17.8 Å². The molecule has 0 bridgehead atoms. The Balaban J connectivity index is 1.80. The van der Waals surface area contributed by atoms with Gasteiger partial charge in [-0.05, 0) is 36.8 Å². The Morgan fingerprint density at radius 3 is 2.73 bits per heavy atom. The first-order valence-corrected chi connectivity index (χ1v) is 6.60. The zero-order chi connectivity index (χ0) is 15.5. The maximum atomic E-state index is 13.2. The number of carbonyl (C=O) groups excluding carboxylic acids is 1. The Labute approximate surface area is 125 Å². The molecule has 0 aliphatic rings. The molecule has 110 valence electrons. The topological polar surface area (TPSA) is 68.0 Å². The summed E-state index contributed by atoms with van der Waals surface area (Å²) in [7, 11) is 0. The molecule has 1 N–H and O–H groups in total. The molecule has 0 atom stereocenters. The summed E-state index contributed by atoms with van der Waals surface area (Å²) in [6, 6.07) is 12.9. The van der Waals surface area contributed by atoms with Crippen LogP contribution in [0.1, 0.15) is 15.9 Å². The minimum absolute atomic E-state index is 0.0347. The number of hydrogen-bond acceptors (Lipinski definition) is 4. The van der Waals surface area contributed by atoms with E-state index in [0.29, 0.717) is 11.1 Å². The van der Waals surface area contributed by atoms with E-state index in [9.17, 15) is 9.18 Å². The van der Waals surface area contributed by atoms with Crippen LogP contribution in [0, 0.1) is 12.7 Å². The lowest BCUT2D eigenvalue weighted by atomic mass is 10.1. The van der Waals surface area contributed by atoms with Crippen molar-refractivity contribution in [2.24, 2.45) is 0 Å². The van der Waals surface area contributed by atoms with Crippen molar-refractivity contribution in [1.29, 1.82) is 0 Å². The molecule has 0 aliphatic heterocycles. The maximum absolute atomic E-state index is 13.2. The van der Waals surface area contributed by atoms with E-state index in [0.717, 1.165) is 5.56 Å². The SMILES string of the molecule is Cc1ccccc1C(=O)Nc1nnc(-c2cccc(F)c2)o1. The van der Waals surface area contributed by atoms with Crippen LogP contribution in [0.15, 0.2) is 52.9 Å². The van der Waals surface area contributed by atoms with Gasteiger partial charge in [0.2, 0.25) is 5.89 Å². The molecule has 0 spiro atoms. The van der Waals surface area contributed by atoms with Crippen molar-refractivity contribution in [1.82, 2.24) is 10.2 Å². The number of halogens is 1. The minimum Gasteiger partial charge on any atom is -0.403 e. The fraction of sp³-hybridized carbons (Fsp3) is 0.0625. The van der Waals surface area contributed by atoms with E-state index in [4.69, 9.17) is 4.42 Å². The number of hydrogen-bond donors (Lipinski definition) is 1. The Morgan fingerprint density at radius 2 is 1.95 bits per heavy atom. The Bertz CT molecular complexity index is 830. The van der Waals surface area contributed by atoms with E-state index < -0.39 is 5.82 Å². The zero-order valence-electron chi connectivity index (χ0n) is 11.7. The van der Waals surface area contributed by atoms with Crippen LogP contribution in [0.4, 0.5) is 10.4 Å². The molecule has 0 radical (unpaired) electrons. The van der Waals surface area contributed by atoms with Crippen LogP contribution < -0.4 is 5.32 Å². The molecule has 1 aromatic heterocycles. The zero-order valence-corrected chi connectivity index (χ0v) is 11.7. The number of nitrogens with one attached hydrogen (secondary N) is 1. The Kier molecular flexibility index (Phi) is 3.65. The number of carbonyl (C=O) groups is 1. The predicted octanol–water partition coefficient (Wildman–Crippen LogP) is 3.44. The van der Waals surface area contributed by atoms with Crippen LogP contribution in [0.3, 0.4) is 0 Å². The second-order valence-corrected chi connectivity index (χ2v) is 4.69. The average Bonchev–Trinajstić information content (AvgIpc) is 2.96. The molecule has 3 rings (SSSR count). The molecule has 6 heteroatoms. The van der Waals surface area contributed by atoms with Crippen molar-refractivity contribution in [3.8, 4) is 11.5 Å². The lowest BCUT2D eigenvalue weighted by Gasteiger charge is -2.03. The van der Waals surface area contributed by atoms with E-state index in [1.807, 2.05) is 19.1 Å². The van der Waals surface area contributed by atoms with Crippen LogP contribution in [-0.2, 0) is 0 Å². The number of benzene rings is 2. The fourth-order valence-corrected chi connectivity index (χ4v) is 2.00. The molecule has 3 aromatic rings. The van der Waals surface area contributed by atoms with Gasteiger partial charge in [0.1, 0.15) is 5.82 Å². The van der Waals surface area contributed by atoms with Crippen LogP contribution in [-0.4, -0.2) is 16.1 Å². The maximum Gasteiger partial charge on any atom is 0.322 e. The highest BCUT2D eigenvalue weighted by Gasteiger charge is 2.14. The highest BCUT2D eigenvalue weighted by atomic mass is 19.1. The first kappa shape index (κ1) is 13.9. The molecule has 5 nitrogen and oxygen atoms in total. The van der Waals surface area contributed by atoms with Gasteiger partial charge in [-0.25, -0.2) is 4.39 Å². The minimum atomic E-state index is -0.402. The highest BCUT2D eigenvalue weighted by molar-refractivity contribution is 6.04. The molecule has 0 fully saturated rings. The number of rotatable bonds is 3. The quantitative estimate of drug-likeness (QED) is 0.804. The van der Waals surface area contributed by atoms with E-state index in [2.05, 4.69) is 15.5 Å². The smallest absolute Gasteiger partial charge is 0.322 e. The van der Waals surface area contributed by atoms with Gasteiger partial charge >= 0.3 is 6.01 Å². The lowest BCUT2D eigenvalue weighted by molar-refractivity contribution is 0.102. The third-order valence-electron chi connectivity index (χ3n) is 3.11. The van der Waals surface area contributed by atoms with Gasteiger partial charge in [-0.1, -0.05) is 29.4 Å².